The molecule has 22 heteroatoms. The lowest BCUT2D eigenvalue weighted by atomic mass is 9.93. The Morgan fingerprint density at radius 2 is 1.61 bits per heavy atom. The van der Waals surface area contributed by atoms with E-state index in [2.05, 4.69) is 55.7 Å². The predicted octanol–water partition coefficient (Wildman–Crippen LogP) is 13.2. The molecule has 0 fully saturated rings. The molecule has 2 aromatic carbocycles. The number of carbonyl (C=O) groups excluding carboxylic acids is 2. The lowest BCUT2D eigenvalue weighted by molar-refractivity contribution is -0.143. The zero-order valence-corrected chi connectivity index (χ0v) is 41.7. The quantitative estimate of drug-likeness (QED) is 0.0512. The van der Waals surface area contributed by atoms with Gasteiger partial charge in [-0.2, -0.15) is 57.1 Å². The number of pyridine rings is 1. The van der Waals surface area contributed by atoms with Gasteiger partial charge in [0.2, 0.25) is 5.91 Å². The van der Waals surface area contributed by atoms with Crippen LogP contribution in [0.4, 0.5) is 49.7 Å². The van der Waals surface area contributed by atoms with E-state index >= 15 is 8.78 Å². The van der Waals surface area contributed by atoms with Crippen LogP contribution in [0.5, 0.6) is 0 Å². The summed E-state index contributed by atoms with van der Waals surface area (Å²) in [7, 11) is 0. The molecule has 0 radical (unpaired) electrons. The summed E-state index contributed by atoms with van der Waals surface area (Å²) < 4.78 is 148. The van der Waals surface area contributed by atoms with Crippen LogP contribution in [0.2, 0.25) is 5.02 Å². The molecule has 378 valence electrons. The van der Waals surface area contributed by atoms with Crippen molar-refractivity contribution in [1.82, 2.24) is 29.9 Å². The summed E-state index contributed by atoms with van der Waals surface area (Å²) in [5.41, 5.74) is -3.18. The van der Waals surface area contributed by atoms with Crippen LogP contribution in [0.3, 0.4) is 0 Å². The largest absolute Gasteiger partial charge is 0.435 e. The van der Waals surface area contributed by atoms with Gasteiger partial charge in [-0.25, -0.2) is 13.1 Å². The molecule has 1 unspecified atom stereocenters. The highest BCUT2D eigenvalue weighted by Gasteiger charge is 2.54. The van der Waals surface area contributed by atoms with Crippen molar-refractivity contribution in [2.75, 3.05) is 16.8 Å². The van der Waals surface area contributed by atoms with Crippen molar-refractivity contribution in [3.63, 3.8) is 0 Å². The number of aryl methyl sites for hydroxylation is 1. The Hall–Kier alpha value is -5.28. The average Bonchev–Trinajstić information content (AvgIpc) is 3.87. The van der Waals surface area contributed by atoms with Crippen LogP contribution in [0.25, 0.3) is 22.0 Å². The number of anilines is 1. The first kappa shape index (κ1) is 55.6. The first-order chi connectivity index (χ1) is 32.5. The standard InChI is InChI=1S/C43H38ClF10N7O2S.C5H12S/c1-7-9-27(21(3)4)40(63)61(64-6)39-34-31(44)13-12-29(36(34)60(58-39)20-41(47,48)49)28-11-10-26(8-2)55-35(28)32(17-23-15-24(45)18-25(46)16-23)56-33(62)19-59-38-30(14-22(5)42(38,50)51)37(57-59)43(52,53)54;1-5(2,3)6-4/h7,9-13,15-16,18,22,32H,1,3,8,14,17,19-20H2,2,4-6H3,(H,56,62);1-4H3/b27-9+;/t22-,32?;/m1./s1. The first-order valence-corrected chi connectivity index (χ1v) is 24.2. The van der Waals surface area contributed by atoms with Crippen molar-refractivity contribution in [3.8, 4) is 11.1 Å². The monoisotopic (exact) mass is 1050 g/mol. The number of nitrogens with zero attached hydrogens (tertiary/aromatic N) is 6. The number of thioether (sulfide) groups is 1. The number of amides is 2. The molecule has 0 saturated heterocycles. The number of rotatable bonds is 14. The second-order valence-electron chi connectivity index (χ2n) is 17.4. The van der Waals surface area contributed by atoms with Crippen molar-refractivity contribution in [1.29, 1.82) is 0 Å². The maximum atomic E-state index is 15.4. The van der Waals surface area contributed by atoms with E-state index in [0.29, 0.717) is 26.8 Å². The van der Waals surface area contributed by atoms with Crippen molar-refractivity contribution in [2.45, 2.75) is 103 Å². The number of benzene rings is 2. The van der Waals surface area contributed by atoms with E-state index in [0.717, 1.165) is 35.3 Å². The Balaban J connectivity index is 0.00000143. The van der Waals surface area contributed by atoms with Gasteiger partial charge in [0, 0.05) is 50.9 Å². The Morgan fingerprint density at radius 3 is 2.14 bits per heavy atom. The summed E-state index contributed by atoms with van der Waals surface area (Å²) in [6.45, 7) is 15.5. The zero-order chi connectivity index (χ0) is 52.4. The molecule has 6 rings (SSSR count). The normalized spacial score (nSPS) is 15.3. The molecule has 3 heterocycles. The number of nitrogens with one attached hydrogen (secondary N) is 1. The molecule has 2 amide bonds. The molecule has 2 atom stereocenters. The highest BCUT2D eigenvalue weighted by Crippen LogP contribution is 2.50. The van der Waals surface area contributed by atoms with Gasteiger partial charge in [0.1, 0.15) is 30.4 Å². The van der Waals surface area contributed by atoms with Gasteiger partial charge in [0.15, 0.2) is 11.5 Å². The third kappa shape index (κ3) is 12.6. The Labute approximate surface area is 411 Å². The number of allylic oxidation sites excluding steroid dienone is 2. The topological polar surface area (TPSA) is 97.9 Å². The SMILES string of the molecule is C=C/C=C(\C(=C)C)C(=O)N(SC)c1nn(CC(F)(F)F)c2c(-c3ccc(CC)nc3C(Cc3cc(F)cc(F)c3)NC(=O)Cn3nc(C(F)(F)F)c4c3C(F)(F)[C@H](C)C4)ccc(Cl)c12.CSC(C)(C)C. The Kier molecular flexibility index (Phi) is 17.2. The Bertz CT molecular complexity index is 2810. The fourth-order valence-corrected chi connectivity index (χ4v) is 8.44. The summed E-state index contributed by atoms with van der Waals surface area (Å²) in [5.74, 6) is -9.60. The lowest BCUT2D eigenvalue weighted by Gasteiger charge is -2.24. The minimum atomic E-state index is -5.15. The van der Waals surface area contributed by atoms with Gasteiger partial charge in [-0.05, 0) is 85.9 Å². The molecule has 0 bridgehead atoms. The van der Waals surface area contributed by atoms with Crippen LogP contribution >= 0.6 is 35.3 Å². The fraction of sp³-hybridized carbons (Fsp3) is 0.396. The van der Waals surface area contributed by atoms with Crippen molar-refractivity contribution >= 4 is 63.8 Å². The highest BCUT2D eigenvalue weighted by molar-refractivity contribution is 8.00. The lowest BCUT2D eigenvalue weighted by Crippen LogP contribution is -2.35. The van der Waals surface area contributed by atoms with E-state index in [1.54, 1.807) is 6.92 Å². The van der Waals surface area contributed by atoms with Crippen molar-refractivity contribution < 1.29 is 53.5 Å². The van der Waals surface area contributed by atoms with E-state index in [4.69, 9.17) is 16.6 Å². The third-order valence-electron chi connectivity index (χ3n) is 11.0. The van der Waals surface area contributed by atoms with Crippen LogP contribution in [0.15, 0.2) is 78.9 Å². The zero-order valence-electron chi connectivity index (χ0n) is 39.3. The Morgan fingerprint density at radius 1 is 1.00 bits per heavy atom. The molecule has 1 N–H and O–H groups in total. The van der Waals surface area contributed by atoms with Gasteiger partial charge in [0.25, 0.3) is 11.8 Å². The number of hydrogen-bond acceptors (Lipinski definition) is 7. The van der Waals surface area contributed by atoms with Crippen LogP contribution < -0.4 is 9.62 Å². The van der Waals surface area contributed by atoms with Gasteiger partial charge in [-0.3, -0.25) is 23.9 Å². The first-order valence-electron chi connectivity index (χ1n) is 21.4. The third-order valence-corrected chi connectivity index (χ3v) is 13.3. The number of hydrogen-bond donors (Lipinski definition) is 1. The maximum Gasteiger partial charge on any atom is 0.435 e. The second kappa shape index (κ2) is 21.6. The summed E-state index contributed by atoms with van der Waals surface area (Å²) in [4.78, 5) is 32.6. The van der Waals surface area contributed by atoms with Crippen LogP contribution in [-0.4, -0.2) is 59.8 Å². The molecule has 1 aliphatic carbocycles. The summed E-state index contributed by atoms with van der Waals surface area (Å²) in [6.07, 6.45) is -4.66. The molecule has 3 aromatic heterocycles. The number of aromatic nitrogens is 5. The van der Waals surface area contributed by atoms with Crippen molar-refractivity contribution in [3.05, 3.63) is 129 Å². The number of fused-ring (bicyclic) bond motifs is 2. The summed E-state index contributed by atoms with van der Waals surface area (Å²) in [5, 5.41) is 9.95. The van der Waals surface area contributed by atoms with E-state index in [9.17, 15) is 44.7 Å². The van der Waals surface area contributed by atoms with Gasteiger partial charge >= 0.3 is 12.4 Å². The maximum absolute atomic E-state index is 15.4. The van der Waals surface area contributed by atoms with Gasteiger partial charge in [-0.1, -0.05) is 77.6 Å². The smallest absolute Gasteiger partial charge is 0.346 e. The molecule has 1 aliphatic rings. The van der Waals surface area contributed by atoms with E-state index in [-0.39, 0.29) is 60.8 Å². The van der Waals surface area contributed by atoms with Gasteiger partial charge in [-0.15, -0.1) is 0 Å². The number of carbonyl (C=O) groups is 2. The van der Waals surface area contributed by atoms with Gasteiger partial charge in [0.05, 0.1) is 27.7 Å². The molecular weight excluding hydrogens is 996 g/mol. The predicted molar refractivity (Wildman–Crippen MR) is 256 cm³/mol. The second-order valence-corrected chi connectivity index (χ2v) is 20.1. The molecule has 5 aromatic rings. The molecule has 9 nitrogen and oxygen atoms in total. The fourth-order valence-electron chi connectivity index (χ4n) is 7.63. The number of alkyl halides is 8. The van der Waals surface area contributed by atoms with Crippen molar-refractivity contribution in [2.24, 2.45) is 5.92 Å². The van der Waals surface area contributed by atoms with Crippen LogP contribution in [-0.2, 0) is 54.0 Å². The van der Waals surface area contributed by atoms with Gasteiger partial charge < -0.3 is 5.32 Å². The molecule has 0 spiro atoms. The summed E-state index contributed by atoms with van der Waals surface area (Å²) >= 11 is 9.43. The minimum Gasteiger partial charge on any atom is -0.346 e. The van der Waals surface area contributed by atoms with Crippen LogP contribution in [0, 0.1) is 17.6 Å². The number of halogens is 11. The van der Waals surface area contributed by atoms with E-state index in [1.807, 2.05) is 11.8 Å². The van der Waals surface area contributed by atoms with E-state index in [1.165, 1.54) is 49.6 Å². The molecule has 0 saturated carbocycles. The van der Waals surface area contributed by atoms with Crippen LogP contribution in [0.1, 0.15) is 81.5 Å². The minimum absolute atomic E-state index is 0.0202. The highest BCUT2D eigenvalue weighted by atomic mass is 35.5. The average molecular weight is 1050 g/mol. The molecule has 0 aliphatic heterocycles. The summed E-state index contributed by atoms with van der Waals surface area (Å²) in [6, 6.07) is 6.61. The molecular formula is C48H50ClF10N7O2S2. The van der Waals surface area contributed by atoms with E-state index < -0.39 is 96.6 Å². The molecule has 70 heavy (non-hydrogen) atoms.